The van der Waals surface area contributed by atoms with Crippen LogP contribution in [-0.2, 0) is 25.1 Å². The summed E-state index contributed by atoms with van der Waals surface area (Å²) in [7, 11) is -2.88. The Balaban J connectivity index is 0.000000538. The van der Waals surface area contributed by atoms with Crippen LogP contribution in [0.3, 0.4) is 0 Å². The summed E-state index contributed by atoms with van der Waals surface area (Å²) in [5.41, 5.74) is 1.42. The number of hydrogen-bond donors (Lipinski definition) is 3. The molecular formula is C27H35F3N4O6S. The molecule has 226 valence electrons. The Labute approximate surface area is 238 Å². The Bertz CT molecular complexity index is 1190. The van der Waals surface area contributed by atoms with Crippen LogP contribution in [0.2, 0.25) is 0 Å². The lowest BCUT2D eigenvalue weighted by Crippen LogP contribution is -2.49. The minimum atomic E-state index is -4.73. The predicted octanol–water partition coefficient (Wildman–Crippen LogP) is 3.02. The summed E-state index contributed by atoms with van der Waals surface area (Å²) in [5.74, 6) is -0.520. The summed E-state index contributed by atoms with van der Waals surface area (Å²) in [4.78, 5) is 25.4. The van der Waals surface area contributed by atoms with Crippen LogP contribution in [0.5, 0.6) is 5.75 Å². The number of carbonyl (C=O) groups is 2. The SMILES string of the molecule is C#C.CS(=O)(=O)Cc1ccccc1.C[C@@H](CNc1ccc(OC(F)(F)F)cc1)NC(=O)CNC(=O)N1CCOCC1. The molecule has 3 N–H and O–H groups in total. The molecule has 1 aliphatic rings. The maximum atomic E-state index is 12.1. The Morgan fingerprint density at radius 3 is 2.17 bits per heavy atom. The van der Waals surface area contributed by atoms with Crippen LogP contribution in [0.1, 0.15) is 12.5 Å². The summed E-state index contributed by atoms with van der Waals surface area (Å²) in [6.07, 6.45) is 4.50. The molecule has 0 spiro atoms. The first-order valence-corrected chi connectivity index (χ1v) is 14.4. The van der Waals surface area contributed by atoms with Gasteiger partial charge in [-0.3, -0.25) is 4.79 Å². The van der Waals surface area contributed by atoms with Crippen molar-refractivity contribution in [2.45, 2.75) is 25.1 Å². The lowest BCUT2D eigenvalue weighted by molar-refractivity contribution is -0.274. The average molecular weight is 601 g/mol. The number of ether oxygens (including phenoxy) is 2. The fraction of sp³-hybridized carbons (Fsp3) is 0.407. The minimum Gasteiger partial charge on any atom is -0.406 e. The molecule has 0 aromatic heterocycles. The standard InChI is InChI=1S/C17H23F3N4O4.C8H10O2S.C2H2/c1-12(10-21-13-2-4-14(5-3-13)28-17(18,19)20)23-15(25)11-22-16(26)24-6-8-27-9-7-24;1-11(9,10)7-8-5-3-2-4-6-8;1-2/h2-5,12,21H,6-11H2,1H3,(H,22,26)(H,23,25);2-6H,7H2,1H3;1-2H/t12-;;/m0../s1. The second kappa shape index (κ2) is 17.7. The van der Waals surface area contributed by atoms with Gasteiger partial charge in [-0.1, -0.05) is 30.3 Å². The molecule has 0 unspecified atom stereocenters. The number of anilines is 1. The zero-order valence-electron chi connectivity index (χ0n) is 22.8. The average Bonchev–Trinajstić information content (AvgIpc) is 2.92. The molecule has 14 heteroatoms. The van der Waals surface area contributed by atoms with E-state index in [0.29, 0.717) is 38.5 Å². The first-order chi connectivity index (χ1) is 19.3. The van der Waals surface area contributed by atoms with Gasteiger partial charge in [0.2, 0.25) is 5.91 Å². The molecule has 1 fully saturated rings. The highest BCUT2D eigenvalue weighted by Gasteiger charge is 2.31. The van der Waals surface area contributed by atoms with Gasteiger partial charge in [-0.25, -0.2) is 13.2 Å². The van der Waals surface area contributed by atoms with Crippen LogP contribution in [0.4, 0.5) is 23.7 Å². The number of amides is 3. The summed E-state index contributed by atoms with van der Waals surface area (Å²) in [5, 5.41) is 8.26. The van der Waals surface area contributed by atoms with Gasteiger partial charge in [-0.05, 0) is 36.8 Å². The van der Waals surface area contributed by atoms with Crippen LogP contribution < -0.4 is 20.7 Å². The Morgan fingerprint density at radius 2 is 1.63 bits per heavy atom. The molecule has 1 atom stereocenters. The van der Waals surface area contributed by atoms with Crippen LogP contribution >= 0.6 is 0 Å². The zero-order valence-corrected chi connectivity index (χ0v) is 23.6. The summed E-state index contributed by atoms with van der Waals surface area (Å²) in [6.45, 7) is 3.89. The monoisotopic (exact) mass is 600 g/mol. The van der Waals surface area contributed by atoms with Gasteiger partial charge in [-0.15, -0.1) is 26.0 Å². The van der Waals surface area contributed by atoms with Gasteiger partial charge in [0, 0.05) is 37.6 Å². The number of urea groups is 1. The van der Waals surface area contributed by atoms with Gasteiger partial charge >= 0.3 is 12.4 Å². The van der Waals surface area contributed by atoms with Crippen LogP contribution in [-0.4, -0.2) is 83.3 Å². The molecule has 2 aromatic rings. The molecule has 0 saturated carbocycles. The number of rotatable bonds is 9. The maximum Gasteiger partial charge on any atom is 0.573 e. The van der Waals surface area contributed by atoms with E-state index >= 15 is 0 Å². The highest BCUT2D eigenvalue weighted by Crippen LogP contribution is 2.23. The zero-order chi connectivity index (χ0) is 30.9. The number of morpholine rings is 1. The highest BCUT2D eigenvalue weighted by atomic mass is 32.2. The van der Waals surface area contributed by atoms with Gasteiger partial charge in [-0.2, -0.15) is 0 Å². The van der Waals surface area contributed by atoms with E-state index in [-0.39, 0.29) is 36.0 Å². The van der Waals surface area contributed by atoms with E-state index in [1.165, 1.54) is 30.5 Å². The molecule has 1 saturated heterocycles. The number of benzene rings is 2. The van der Waals surface area contributed by atoms with Crippen molar-refractivity contribution in [3.05, 3.63) is 60.2 Å². The predicted molar refractivity (Wildman–Crippen MR) is 150 cm³/mol. The van der Waals surface area contributed by atoms with E-state index in [9.17, 15) is 31.2 Å². The smallest absolute Gasteiger partial charge is 0.406 e. The van der Waals surface area contributed by atoms with Crippen molar-refractivity contribution in [3.8, 4) is 18.6 Å². The Kier molecular flexibility index (Phi) is 15.1. The Morgan fingerprint density at radius 1 is 1.05 bits per heavy atom. The van der Waals surface area contributed by atoms with E-state index in [2.05, 4.69) is 33.5 Å². The third-order valence-electron chi connectivity index (χ3n) is 5.08. The van der Waals surface area contributed by atoms with Gasteiger partial charge in [0.15, 0.2) is 9.84 Å². The van der Waals surface area contributed by atoms with Crippen LogP contribution in [0.25, 0.3) is 0 Å². The summed E-state index contributed by atoms with van der Waals surface area (Å²) >= 11 is 0. The molecule has 41 heavy (non-hydrogen) atoms. The lowest BCUT2D eigenvalue weighted by Gasteiger charge is -2.26. The number of carbonyl (C=O) groups excluding carboxylic acids is 2. The fourth-order valence-corrected chi connectivity index (χ4v) is 4.13. The highest BCUT2D eigenvalue weighted by molar-refractivity contribution is 7.89. The molecule has 2 aromatic carbocycles. The van der Waals surface area contributed by atoms with Crippen molar-refractivity contribution in [3.63, 3.8) is 0 Å². The van der Waals surface area contributed by atoms with Crippen molar-refractivity contribution in [2.24, 2.45) is 0 Å². The van der Waals surface area contributed by atoms with Gasteiger partial charge in [0.1, 0.15) is 5.75 Å². The summed E-state index contributed by atoms with van der Waals surface area (Å²) < 4.78 is 66.9. The van der Waals surface area contributed by atoms with E-state index in [4.69, 9.17) is 4.74 Å². The van der Waals surface area contributed by atoms with E-state index in [1.54, 1.807) is 24.0 Å². The maximum absolute atomic E-state index is 12.1. The van der Waals surface area contributed by atoms with E-state index < -0.39 is 16.2 Å². The number of nitrogens with zero attached hydrogens (tertiary/aromatic N) is 1. The van der Waals surface area contributed by atoms with Crippen molar-refractivity contribution < 1.29 is 40.7 Å². The number of terminal acetylenes is 1. The molecule has 3 rings (SSSR count). The normalized spacial score (nSPS) is 13.7. The van der Waals surface area contributed by atoms with Crippen molar-refractivity contribution in [1.82, 2.24) is 15.5 Å². The summed E-state index contributed by atoms with van der Waals surface area (Å²) in [6, 6.07) is 13.8. The molecule has 0 bridgehead atoms. The van der Waals surface area contributed by atoms with Crippen LogP contribution in [0.15, 0.2) is 54.6 Å². The minimum absolute atomic E-state index is 0.133. The molecular weight excluding hydrogens is 565 g/mol. The van der Waals surface area contributed by atoms with Gasteiger partial charge in [0.25, 0.3) is 0 Å². The van der Waals surface area contributed by atoms with E-state index in [1.807, 2.05) is 18.2 Å². The molecule has 10 nitrogen and oxygen atoms in total. The van der Waals surface area contributed by atoms with Crippen molar-refractivity contribution in [1.29, 1.82) is 0 Å². The van der Waals surface area contributed by atoms with E-state index in [0.717, 1.165) is 5.56 Å². The first-order valence-electron chi connectivity index (χ1n) is 12.4. The molecule has 1 heterocycles. The van der Waals surface area contributed by atoms with Gasteiger partial charge in [0.05, 0.1) is 25.5 Å². The second-order valence-electron chi connectivity index (χ2n) is 8.74. The molecule has 1 aliphatic heterocycles. The Hall–Kier alpha value is -3.96. The number of halogens is 3. The third-order valence-corrected chi connectivity index (χ3v) is 5.94. The largest absolute Gasteiger partial charge is 0.573 e. The second-order valence-corrected chi connectivity index (χ2v) is 10.9. The fourth-order valence-electron chi connectivity index (χ4n) is 3.33. The quantitative estimate of drug-likeness (QED) is 0.378. The van der Waals surface area contributed by atoms with Crippen molar-refractivity contribution in [2.75, 3.05) is 51.0 Å². The van der Waals surface area contributed by atoms with Crippen molar-refractivity contribution >= 4 is 27.5 Å². The number of hydrogen-bond acceptors (Lipinski definition) is 7. The number of sulfone groups is 1. The molecule has 3 amide bonds. The van der Waals surface area contributed by atoms with Crippen LogP contribution in [0, 0.1) is 12.8 Å². The topological polar surface area (TPSA) is 126 Å². The van der Waals surface area contributed by atoms with Gasteiger partial charge < -0.3 is 30.3 Å². The molecule has 0 radical (unpaired) electrons. The molecule has 0 aliphatic carbocycles. The number of nitrogens with one attached hydrogen (secondary N) is 3. The number of alkyl halides is 3. The third kappa shape index (κ3) is 16.7. The lowest BCUT2D eigenvalue weighted by atomic mass is 10.2. The first kappa shape index (κ1) is 35.1.